The molecule has 1 N–H and O–H groups in total. The number of anilines is 2. The minimum atomic E-state index is -0.156. The third kappa shape index (κ3) is 4.03. The van der Waals surface area contributed by atoms with E-state index in [9.17, 15) is 4.79 Å². The zero-order valence-electron chi connectivity index (χ0n) is 12.2. The molecule has 0 radical (unpaired) electrons. The molecule has 0 unspecified atom stereocenters. The molecule has 0 aromatic heterocycles. The van der Waals surface area contributed by atoms with E-state index >= 15 is 0 Å². The Labute approximate surface area is 116 Å². The first-order valence-corrected chi connectivity index (χ1v) is 6.71. The summed E-state index contributed by atoms with van der Waals surface area (Å²) < 4.78 is 0. The van der Waals surface area contributed by atoms with E-state index in [1.807, 2.05) is 25.2 Å². The molecular weight excluding hydrogens is 236 g/mol. The predicted molar refractivity (Wildman–Crippen MR) is 81.5 cm³/mol. The van der Waals surface area contributed by atoms with Gasteiger partial charge in [-0.3, -0.25) is 4.79 Å². The number of nitrogens with one attached hydrogen (secondary N) is 1. The standard InChI is InChI=1S/C16H22N2O/c1-5-7-8-9-16(19)18(4)15-12-14(17-3)11-10-13(15)6-2/h10-12,17H,5-7H2,1-4H3. The van der Waals surface area contributed by atoms with Gasteiger partial charge in [0.25, 0.3) is 0 Å². The molecule has 0 aliphatic heterocycles. The van der Waals surface area contributed by atoms with Gasteiger partial charge < -0.3 is 10.2 Å². The van der Waals surface area contributed by atoms with Crippen LogP contribution >= 0.6 is 0 Å². The van der Waals surface area contributed by atoms with Crippen LogP contribution in [0.25, 0.3) is 0 Å². The molecule has 0 heterocycles. The number of rotatable bonds is 4. The van der Waals surface area contributed by atoms with Gasteiger partial charge in [0.05, 0.1) is 0 Å². The highest BCUT2D eigenvalue weighted by atomic mass is 16.2. The molecule has 19 heavy (non-hydrogen) atoms. The Bertz CT molecular complexity index is 497. The molecule has 102 valence electrons. The molecule has 0 aliphatic rings. The number of nitrogens with zero attached hydrogens (tertiary/aromatic N) is 1. The molecule has 0 saturated heterocycles. The average molecular weight is 258 g/mol. The number of aryl methyl sites for hydroxylation is 1. The Morgan fingerprint density at radius 1 is 1.37 bits per heavy atom. The molecule has 1 amide bonds. The first kappa shape index (κ1) is 15.1. The molecule has 0 atom stereocenters. The summed E-state index contributed by atoms with van der Waals surface area (Å²) in [6.07, 6.45) is 2.62. The van der Waals surface area contributed by atoms with E-state index in [0.29, 0.717) is 0 Å². The largest absolute Gasteiger partial charge is 0.388 e. The van der Waals surface area contributed by atoms with Crippen LogP contribution in [-0.4, -0.2) is 20.0 Å². The van der Waals surface area contributed by atoms with E-state index < -0.39 is 0 Å². The molecule has 1 rings (SSSR count). The van der Waals surface area contributed by atoms with Crippen LogP contribution in [-0.2, 0) is 11.2 Å². The summed E-state index contributed by atoms with van der Waals surface area (Å²) in [7, 11) is 3.64. The number of hydrogen-bond donors (Lipinski definition) is 1. The number of amides is 1. The van der Waals surface area contributed by atoms with Gasteiger partial charge in [-0.2, -0.15) is 0 Å². The highest BCUT2D eigenvalue weighted by Crippen LogP contribution is 2.24. The zero-order valence-corrected chi connectivity index (χ0v) is 12.2. The molecule has 1 aromatic rings. The summed E-state index contributed by atoms with van der Waals surface area (Å²) in [6, 6.07) is 6.05. The third-order valence-electron chi connectivity index (χ3n) is 2.99. The Kier molecular flexibility index (Phi) is 5.95. The van der Waals surface area contributed by atoms with Crippen molar-refractivity contribution in [1.82, 2.24) is 0 Å². The Morgan fingerprint density at radius 2 is 2.11 bits per heavy atom. The molecule has 3 heteroatoms. The summed E-state index contributed by atoms with van der Waals surface area (Å²) in [6.45, 7) is 4.13. The molecule has 3 nitrogen and oxygen atoms in total. The quantitative estimate of drug-likeness (QED) is 0.842. The second kappa shape index (κ2) is 7.48. The second-order valence-corrected chi connectivity index (χ2v) is 4.36. The SMILES string of the molecule is CCCC#CC(=O)N(C)c1cc(NC)ccc1CC. The van der Waals surface area contributed by atoms with Crippen LogP contribution in [0.4, 0.5) is 11.4 Å². The number of carbonyl (C=O) groups is 1. The maximum atomic E-state index is 12.0. The molecular formula is C16H22N2O. The van der Waals surface area contributed by atoms with E-state index in [1.165, 1.54) is 0 Å². The van der Waals surface area contributed by atoms with Gasteiger partial charge in [0.2, 0.25) is 0 Å². The summed E-state index contributed by atoms with van der Waals surface area (Å²) in [5.41, 5.74) is 3.06. The molecule has 1 aromatic carbocycles. The highest BCUT2D eigenvalue weighted by molar-refractivity contribution is 6.06. The van der Waals surface area contributed by atoms with Crippen LogP contribution in [0, 0.1) is 11.8 Å². The van der Waals surface area contributed by atoms with Crippen molar-refractivity contribution in [3.8, 4) is 11.8 Å². The lowest BCUT2D eigenvalue weighted by atomic mass is 10.1. The average Bonchev–Trinajstić information content (AvgIpc) is 2.45. The van der Waals surface area contributed by atoms with E-state index in [4.69, 9.17) is 0 Å². The van der Waals surface area contributed by atoms with Crippen LogP contribution < -0.4 is 10.2 Å². The fourth-order valence-corrected chi connectivity index (χ4v) is 1.79. The van der Waals surface area contributed by atoms with Gasteiger partial charge >= 0.3 is 5.91 Å². The van der Waals surface area contributed by atoms with Crippen molar-refractivity contribution in [3.63, 3.8) is 0 Å². The van der Waals surface area contributed by atoms with Gasteiger partial charge in [-0.1, -0.05) is 25.8 Å². The second-order valence-electron chi connectivity index (χ2n) is 4.36. The van der Waals surface area contributed by atoms with Crippen molar-refractivity contribution in [2.24, 2.45) is 0 Å². The summed E-state index contributed by atoms with van der Waals surface area (Å²) in [5.74, 6) is 5.43. The van der Waals surface area contributed by atoms with Crippen molar-refractivity contribution >= 4 is 17.3 Å². The van der Waals surface area contributed by atoms with E-state index in [2.05, 4.69) is 31.0 Å². The van der Waals surface area contributed by atoms with Crippen LogP contribution in [0.3, 0.4) is 0 Å². The summed E-state index contributed by atoms with van der Waals surface area (Å²) in [4.78, 5) is 13.6. The lowest BCUT2D eigenvalue weighted by Gasteiger charge is -2.19. The van der Waals surface area contributed by atoms with Crippen LogP contribution in [0.2, 0.25) is 0 Å². The Morgan fingerprint density at radius 3 is 2.68 bits per heavy atom. The highest BCUT2D eigenvalue weighted by Gasteiger charge is 2.12. The zero-order chi connectivity index (χ0) is 14.3. The summed E-state index contributed by atoms with van der Waals surface area (Å²) in [5, 5.41) is 3.09. The first-order chi connectivity index (χ1) is 9.13. The number of benzene rings is 1. The minimum absolute atomic E-state index is 0.156. The third-order valence-corrected chi connectivity index (χ3v) is 2.99. The van der Waals surface area contributed by atoms with Gasteiger partial charge in [-0.25, -0.2) is 0 Å². The maximum Gasteiger partial charge on any atom is 0.302 e. The number of carbonyl (C=O) groups excluding carboxylic acids is 1. The minimum Gasteiger partial charge on any atom is -0.388 e. The smallest absolute Gasteiger partial charge is 0.302 e. The number of hydrogen-bond acceptors (Lipinski definition) is 2. The van der Waals surface area contributed by atoms with Crippen molar-refractivity contribution in [2.45, 2.75) is 33.1 Å². The van der Waals surface area contributed by atoms with E-state index in [0.717, 1.165) is 36.2 Å². The van der Waals surface area contributed by atoms with Crippen molar-refractivity contribution in [1.29, 1.82) is 0 Å². The monoisotopic (exact) mass is 258 g/mol. The normalized spacial score (nSPS) is 9.47. The van der Waals surface area contributed by atoms with E-state index in [1.54, 1.807) is 11.9 Å². The van der Waals surface area contributed by atoms with Gasteiger partial charge in [0, 0.05) is 31.9 Å². The Hall–Kier alpha value is -1.95. The van der Waals surface area contributed by atoms with Gasteiger partial charge in [0.1, 0.15) is 0 Å². The molecule has 0 spiro atoms. The molecule has 0 fully saturated rings. The van der Waals surface area contributed by atoms with Crippen molar-refractivity contribution < 1.29 is 4.79 Å². The summed E-state index contributed by atoms with van der Waals surface area (Å²) >= 11 is 0. The van der Waals surface area contributed by atoms with Crippen molar-refractivity contribution in [2.75, 3.05) is 24.3 Å². The lowest BCUT2D eigenvalue weighted by Crippen LogP contribution is -2.25. The van der Waals surface area contributed by atoms with Crippen LogP contribution in [0.15, 0.2) is 18.2 Å². The fourth-order valence-electron chi connectivity index (χ4n) is 1.79. The van der Waals surface area contributed by atoms with Crippen LogP contribution in [0.1, 0.15) is 32.3 Å². The van der Waals surface area contributed by atoms with Gasteiger partial charge in [-0.05, 0) is 36.5 Å². The van der Waals surface area contributed by atoms with Crippen LogP contribution in [0.5, 0.6) is 0 Å². The molecule has 0 bridgehead atoms. The predicted octanol–water partition coefficient (Wildman–Crippen LogP) is 3.06. The Balaban J connectivity index is 3.00. The fraction of sp³-hybridized carbons (Fsp3) is 0.438. The van der Waals surface area contributed by atoms with Crippen molar-refractivity contribution in [3.05, 3.63) is 23.8 Å². The topological polar surface area (TPSA) is 32.3 Å². The first-order valence-electron chi connectivity index (χ1n) is 6.71. The van der Waals surface area contributed by atoms with Gasteiger partial charge in [-0.15, -0.1) is 0 Å². The van der Waals surface area contributed by atoms with Gasteiger partial charge in [0.15, 0.2) is 0 Å². The molecule has 0 saturated carbocycles. The lowest BCUT2D eigenvalue weighted by molar-refractivity contribution is -0.113. The molecule has 0 aliphatic carbocycles. The van der Waals surface area contributed by atoms with E-state index in [-0.39, 0.29) is 5.91 Å². The number of unbranched alkanes of at least 4 members (excludes halogenated alkanes) is 1. The maximum absolute atomic E-state index is 12.0.